The van der Waals surface area contributed by atoms with E-state index in [9.17, 15) is 13.2 Å². The number of halogens is 4. The number of ether oxygens (including phenoxy) is 2. The van der Waals surface area contributed by atoms with Crippen molar-refractivity contribution >= 4 is 15.9 Å². The molecule has 1 aliphatic rings. The van der Waals surface area contributed by atoms with Crippen LogP contribution in [0.4, 0.5) is 13.2 Å². The predicted octanol–water partition coefficient (Wildman–Crippen LogP) is 3.33. The Hall–Kier alpha value is -1.46. The summed E-state index contributed by atoms with van der Waals surface area (Å²) >= 11 is 3.29. The molecule has 0 radical (unpaired) electrons. The van der Waals surface area contributed by atoms with Gasteiger partial charge in [-0.15, -0.1) is 0 Å². The van der Waals surface area contributed by atoms with Gasteiger partial charge >= 0.3 is 6.18 Å². The zero-order valence-electron chi connectivity index (χ0n) is 10.8. The van der Waals surface area contributed by atoms with E-state index in [0.29, 0.717) is 41.2 Å². The summed E-state index contributed by atoms with van der Waals surface area (Å²) in [6.45, 7) is -0.285. The van der Waals surface area contributed by atoms with Crippen molar-refractivity contribution in [1.29, 1.82) is 5.26 Å². The van der Waals surface area contributed by atoms with E-state index in [-0.39, 0.29) is 0 Å². The van der Waals surface area contributed by atoms with Gasteiger partial charge in [-0.25, -0.2) is 0 Å². The third kappa shape index (κ3) is 4.25. The third-order valence-corrected chi connectivity index (χ3v) is 3.38. The summed E-state index contributed by atoms with van der Waals surface area (Å²) in [6.07, 6.45) is -3.66. The highest BCUT2D eigenvalue weighted by molar-refractivity contribution is 9.10. The van der Waals surface area contributed by atoms with Crippen molar-refractivity contribution in [3.63, 3.8) is 0 Å². The number of fused-ring (bicyclic) bond motifs is 1. The topological polar surface area (TPSA) is 54.3 Å². The summed E-state index contributed by atoms with van der Waals surface area (Å²) in [5.41, 5.74) is 0.387. The first-order valence-corrected chi connectivity index (χ1v) is 6.99. The maximum absolute atomic E-state index is 12.2. The molecule has 1 heterocycles. The molecule has 0 aliphatic carbocycles. The van der Waals surface area contributed by atoms with Crippen LogP contribution in [0.1, 0.15) is 18.0 Å². The van der Waals surface area contributed by atoms with Gasteiger partial charge in [-0.3, -0.25) is 5.32 Å². The van der Waals surface area contributed by atoms with Crippen molar-refractivity contribution in [2.45, 2.75) is 18.6 Å². The first-order valence-electron chi connectivity index (χ1n) is 6.19. The number of hydrogen-bond donors (Lipinski definition) is 1. The van der Waals surface area contributed by atoms with Crippen molar-refractivity contribution < 1.29 is 22.6 Å². The lowest BCUT2D eigenvalue weighted by molar-refractivity contribution is -0.125. The molecule has 1 aromatic carbocycles. The predicted molar refractivity (Wildman–Crippen MR) is 72.2 cm³/mol. The van der Waals surface area contributed by atoms with Crippen LogP contribution in [-0.4, -0.2) is 25.9 Å². The Balaban J connectivity index is 2.24. The number of rotatable bonds is 3. The number of nitriles is 1. The van der Waals surface area contributed by atoms with E-state index in [4.69, 9.17) is 14.7 Å². The van der Waals surface area contributed by atoms with Gasteiger partial charge < -0.3 is 9.47 Å². The highest BCUT2D eigenvalue weighted by Gasteiger charge is 2.29. The third-order valence-electron chi connectivity index (χ3n) is 2.79. The minimum atomic E-state index is -4.38. The van der Waals surface area contributed by atoms with Crippen LogP contribution in [0.3, 0.4) is 0 Å². The molecule has 2 rings (SSSR count). The Morgan fingerprint density at radius 2 is 2.05 bits per heavy atom. The lowest BCUT2D eigenvalue weighted by atomic mass is 10.1. The molecule has 4 nitrogen and oxygen atoms in total. The second-order valence-electron chi connectivity index (χ2n) is 4.44. The fourth-order valence-corrected chi connectivity index (χ4v) is 2.45. The molecule has 114 valence electrons. The maximum atomic E-state index is 12.2. The number of nitrogens with zero attached hydrogens (tertiary/aromatic N) is 1. The van der Waals surface area contributed by atoms with E-state index in [1.165, 1.54) is 6.07 Å². The molecule has 1 unspecified atom stereocenters. The highest BCUT2D eigenvalue weighted by Crippen LogP contribution is 2.39. The van der Waals surface area contributed by atoms with Gasteiger partial charge in [0.1, 0.15) is 6.04 Å². The first kappa shape index (κ1) is 15.9. The van der Waals surface area contributed by atoms with E-state index >= 15 is 0 Å². The molecular weight excluding hydrogens is 353 g/mol. The average Bonchev–Trinajstić information content (AvgIpc) is 2.64. The summed E-state index contributed by atoms with van der Waals surface area (Å²) in [7, 11) is 0. The van der Waals surface area contributed by atoms with Crippen LogP contribution in [0.5, 0.6) is 11.5 Å². The Labute approximate surface area is 128 Å². The van der Waals surface area contributed by atoms with Crippen LogP contribution in [0, 0.1) is 11.3 Å². The van der Waals surface area contributed by atoms with E-state index in [1.807, 2.05) is 6.07 Å². The maximum Gasteiger partial charge on any atom is 0.401 e. The van der Waals surface area contributed by atoms with Crippen molar-refractivity contribution in [1.82, 2.24) is 5.32 Å². The zero-order chi connectivity index (χ0) is 15.5. The standard InChI is InChI=1S/C13H12BrF3N2O2/c14-9-4-8(10(6-18)19-7-13(15,16)17)5-11-12(9)21-3-1-2-20-11/h4-5,10,19H,1-3,7H2. The molecule has 8 heteroatoms. The molecule has 0 aromatic heterocycles. The first-order chi connectivity index (χ1) is 9.90. The molecule has 1 N–H and O–H groups in total. The second-order valence-corrected chi connectivity index (χ2v) is 5.29. The molecule has 0 saturated heterocycles. The van der Waals surface area contributed by atoms with Crippen LogP contribution < -0.4 is 14.8 Å². The molecular formula is C13H12BrF3N2O2. The number of nitrogens with one attached hydrogen (secondary N) is 1. The summed E-state index contributed by atoms with van der Waals surface area (Å²) in [5, 5.41) is 11.2. The van der Waals surface area contributed by atoms with Crippen LogP contribution in [0.2, 0.25) is 0 Å². The minimum Gasteiger partial charge on any atom is -0.490 e. The Kier molecular flexibility index (Phi) is 4.96. The highest BCUT2D eigenvalue weighted by atomic mass is 79.9. The van der Waals surface area contributed by atoms with E-state index < -0.39 is 18.8 Å². The van der Waals surface area contributed by atoms with Crippen LogP contribution in [0.15, 0.2) is 16.6 Å². The second kappa shape index (κ2) is 6.54. The van der Waals surface area contributed by atoms with Crippen LogP contribution in [-0.2, 0) is 0 Å². The lowest BCUT2D eigenvalue weighted by Gasteiger charge is -2.16. The van der Waals surface area contributed by atoms with Crippen molar-refractivity contribution in [2.24, 2.45) is 0 Å². The van der Waals surface area contributed by atoms with E-state index in [1.54, 1.807) is 6.07 Å². The van der Waals surface area contributed by atoms with Gasteiger partial charge in [-0.1, -0.05) is 0 Å². The fourth-order valence-electron chi connectivity index (χ4n) is 1.87. The molecule has 0 fully saturated rings. The van der Waals surface area contributed by atoms with Gasteiger partial charge in [0, 0.05) is 6.42 Å². The molecule has 0 amide bonds. The van der Waals surface area contributed by atoms with Gasteiger partial charge in [0.15, 0.2) is 11.5 Å². The molecule has 1 aliphatic heterocycles. The summed E-state index contributed by atoms with van der Waals surface area (Å²) in [5.74, 6) is 0.926. The normalized spacial score (nSPS) is 16.0. The number of hydrogen-bond acceptors (Lipinski definition) is 4. The number of alkyl halides is 3. The summed E-state index contributed by atoms with van der Waals surface area (Å²) in [4.78, 5) is 0. The molecule has 0 spiro atoms. The molecule has 0 saturated carbocycles. The lowest BCUT2D eigenvalue weighted by Crippen LogP contribution is -2.31. The Morgan fingerprint density at radius 1 is 1.33 bits per heavy atom. The summed E-state index contributed by atoms with van der Waals surface area (Å²) < 4.78 is 48.3. The Bertz CT molecular complexity index is 558. The van der Waals surface area contributed by atoms with Gasteiger partial charge in [-0.05, 0) is 33.6 Å². The quantitative estimate of drug-likeness (QED) is 0.893. The van der Waals surface area contributed by atoms with E-state index in [0.717, 1.165) is 0 Å². The molecule has 1 atom stereocenters. The monoisotopic (exact) mass is 364 g/mol. The molecule has 0 bridgehead atoms. The molecule has 1 aromatic rings. The Morgan fingerprint density at radius 3 is 2.71 bits per heavy atom. The molecule has 21 heavy (non-hydrogen) atoms. The van der Waals surface area contributed by atoms with Crippen LogP contribution in [0.25, 0.3) is 0 Å². The number of benzene rings is 1. The van der Waals surface area contributed by atoms with Gasteiger partial charge in [0.2, 0.25) is 0 Å². The van der Waals surface area contributed by atoms with Crippen LogP contribution >= 0.6 is 15.9 Å². The van der Waals surface area contributed by atoms with Gasteiger partial charge in [0.25, 0.3) is 0 Å². The largest absolute Gasteiger partial charge is 0.490 e. The van der Waals surface area contributed by atoms with Crippen molar-refractivity contribution in [3.05, 3.63) is 22.2 Å². The average molecular weight is 365 g/mol. The van der Waals surface area contributed by atoms with Gasteiger partial charge in [-0.2, -0.15) is 18.4 Å². The fraction of sp³-hybridized carbons (Fsp3) is 0.462. The van der Waals surface area contributed by atoms with E-state index in [2.05, 4.69) is 21.2 Å². The smallest absolute Gasteiger partial charge is 0.401 e. The minimum absolute atomic E-state index is 0.387. The summed E-state index contributed by atoms with van der Waals surface area (Å²) in [6, 6.07) is 3.82. The SMILES string of the molecule is N#CC(NCC(F)(F)F)c1cc(Br)c2c(c1)OCCCO2. The van der Waals surface area contributed by atoms with Gasteiger partial charge in [0.05, 0.1) is 30.3 Å². The zero-order valence-corrected chi connectivity index (χ0v) is 12.4. The van der Waals surface area contributed by atoms with Crippen molar-refractivity contribution in [2.75, 3.05) is 19.8 Å². The van der Waals surface area contributed by atoms with Crippen molar-refractivity contribution in [3.8, 4) is 17.6 Å².